The summed E-state index contributed by atoms with van der Waals surface area (Å²) in [7, 11) is 0. The molecule has 2 aliphatic rings. The number of carbonyl (C=O) groups is 1. The molecule has 4 rings (SSSR count). The van der Waals surface area contributed by atoms with Crippen molar-refractivity contribution in [3.05, 3.63) is 54.1 Å². The number of rotatable bonds is 2. The highest BCUT2D eigenvalue weighted by Gasteiger charge is 2.27. The summed E-state index contributed by atoms with van der Waals surface area (Å²) in [5.41, 5.74) is 2.02. The van der Waals surface area contributed by atoms with Gasteiger partial charge in [-0.25, -0.2) is 4.79 Å². The van der Waals surface area contributed by atoms with E-state index in [2.05, 4.69) is 17.4 Å². The average Bonchev–Trinajstić information content (AvgIpc) is 3.24. The molecule has 23 heavy (non-hydrogen) atoms. The van der Waals surface area contributed by atoms with Crippen molar-refractivity contribution in [3.63, 3.8) is 0 Å². The lowest BCUT2D eigenvalue weighted by molar-refractivity contribution is 0.174. The molecule has 5 nitrogen and oxygen atoms in total. The molecule has 1 unspecified atom stereocenters. The largest absolute Gasteiger partial charge is 0.454 e. The molecule has 0 bridgehead atoms. The van der Waals surface area contributed by atoms with Crippen LogP contribution in [0.25, 0.3) is 0 Å². The van der Waals surface area contributed by atoms with Crippen LogP contribution >= 0.6 is 0 Å². The fourth-order valence-corrected chi connectivity index (χ4v) is 3.12. The second-order valence-electron chi connectivity index (χ2n) is 5.84. The highest BCUT2D eigenvalue weighted by molar-refractivity contribution is 5.90. The molecule has 2 aliphatic heterocycles. The molecule has 1 atom stereocenters. The number of hydrogen-bond acceptors (Lipinski definition) is 3. The number of fused-ring (bicyclic) bond motifs is 1. The lowest BCUT2D eigenvalue weighted by Crippen LogP contribution is -2.32. The van der Waals surface area contributed by atoms with Gasteiger partial charge in [0.15, 0.2) is 11.5 Å². The van der Waals surface area contributed by atoms with Crippen molar-refractivity contribution in [3.8, 4) is 11.5 Å². The topological polar surface area (TPSA) is 50.8 Å². The molecule has 0 aromatic heterocycles. The Morgan fingerprint density at radius 2 is 1.91 bits per heavy atom. The number of carbonyl (C=O) groups excluding carboxylic acids is 1. The number of ether oxygens (including phenoxy) is 2. The van der Waals surface area contributed by atoms with Crippen molar-refractivity contribution in [2.24, 2.45) is 0 Å². The van der Waals surface area contributed by atoms with Crippen molar-refractivity contribution in [1.82, 2.24) is 4.90 Å². The van der Waals surface area contributed by atoms with Crippen LogP contribution in [0.2, 0.25) is 0 Å². The first-order valence-corrected chi connectivity index (χ1v) is 7.80. The number of anilines is 1. The summed E-state index contributed by atoms with van der Waals surface area (Å²) < 4.78 is 10.6. The van der Waals surface area contributed by atoms with Gasteiger partial charge in [-0.2, -0.15) is 0 Å². The summed E-state index contributed by atoms with van der Waals surface area (Å²) in [6.07, 6.45) is 0.999. The standard InChI is InChI=1S/C18H18N2O3/c21-18(19-15-6-7-16-17(10-15)23-12-22-16)20-9-8-14(11-20)13-4-2-1-3-5-13/h1-7,10,14H,8-9,11-12H2,(H,19,21). The number of urea groups is 1. The van der Waals surface area contributed by atoms with Gasteiger partial charge in [0.1, 0.15) is 0 Å². The molecule has 0 spiro atoms. The van der Waals surface area contributed by atoms with Crippen LogP contribution in [-0.2, 0) is 0 Å². The fourth-order valence-electron chi connectivity index (χ4n) is 3.12. The molecular weight excluding hydrogens is 292 g/mol. The molecule has 0 saturated carbocycles. The van der Waals surface area contributed by atoms with E-state index in [-0.39, 0.29) is 12.8 Å². The zero-order chi connectivity index (χ0) is 15.6. The number of benzene rings is 2. The summed E-state index contributed by atoms with van der Waals surface area (Å²) in [5.74, 6) is 1.80. The number of likely N-dealkylation sites (tertiary alicyclic amines) is 1. The van der Waals surface area contributed by atoms with Gasteiger partial charge in [0.25, 0.3) is 0 Å². The van der Waals surface area contributed by atoms with Gasteiger partial charge < -0.3 is 19.7 Å². The molecule has 1 fully saturated rings. The molecule has 2 heterocycles. The van der Waals surface area contributed by atoms with Gasteiger partial charge in [-0.05, 0) is 24.1 Å². The van der Waals surface area contributed by atoms with Crippen LogP contribution in [0, 0.1) is 0 Å². The Labute approximate surface area is 134 Å². The van der Waals surface area contributed by atoms with E-state index in [1.54, 1.807) is 6.07 Å². The zero-order valence-corrected chi connectivity index (χ0v) is 12.7. The van der Waals surface area contributed by atoms with E-state index >= 15 is 0 Å². The molecular formula is C18H18N2O3. The monoisotopic (exact) mass is 310 g/mol. The maximum atomic E-state index is 12.4. The van der Waals surface area contributed by atoms with Gasteiger partial charge in [-0.3, -0.25) is 0 Å². The number of amides is 2. The third kappa shape index (κ3) is 2.82. The Morgan fingerprint density at radius 1 is 1.09 bits per heavy atom. The first kappa shape index (κ1) is 13.9. The van der Waals surface area contributed by atoms with Gasteiger partial charge in [0, 0.05) is 30.8 Å². The smallest absolute Gasteiger partial charge is 0.321 e. The third-order valence-electron chi connectivity index (χ3n) is 4.37. The Kier molecular flexibility index (Phi) is 3.54. The Hall–Kier alpha value is -2.69. The molecule has 5 heteroatoms. The van der Waals surface area contributed by atoms with Crippen LogP contribution in [0.4, 0.5) is 10.5 Å². The molecule has 1 N–H and O–H groups in total. The van der Waals surface area contributed by atoms with Crippen LogP contribution in [-0.4, -0.2) is 30.8 Å². The Balaban J connectivity index is 1.40. The van der Waals surface area contributed by atoms with Gasteiger partial charge in [0.05, 0.1) is 0 Å². The van der Waals surface area contributed by atoms with Gasteiger partial charge >= 0.3 is 6.03 Å². The molecule has 2 aromatic carbocycles. The van der Waals surface area contributed by atoms with Gasteiger partial charge in [-0.15, -0.1) is 0 Å². The van der Waals surface area contributed by atoms with Crippen molar-refractivity contribution in [2.75, 3.05) is 25.2 Å². The second kappa shape index (κ2) is 5.83. The molecule has 2 aromatic rings. The van der Waals surface area contributed by atoms with E-state index in [1.165, 1.54) is 5.56 Å². The summed E-state index contributed by atoms with van der Waals surface area (Å²) in [6, 6.07) is 15.7. The van der Waals surface area contributed by atoms with Gasteiger partial charge in [0.2, 0.25) is 6.79 Å². The lowest BCUT2D eigenvalue weighted by Gasteiger charge is -2.17. The Morgan fingerprint density at radius 3 is 2.78 bits per heavy atom. The number of hydrogen-bond donors (Lipinski definition) is 1. The highest BCUT2D eigenvalue weighted by Crippen LogP contribution is 2.34. The van der Waals surface area contributed by atoms with Crippen LogP contribution < -0.4 is 14.8 Å². The maximum absolute atomic E-state index is 12.4. The van der Waals surface area contributed by atoms with E-state index in [4.69, 9.17) is 9.47 Å². The third-order valence-corrected chi connectivity index (χ3v) is 4.37. The summed E-state index contributed by atoms with van der Waals surface area (Å²) in [4.78, 5) is 14.3. The molecule has 1 saturated heterocycles. The minimum atomic E-state index is -0.0673. The summed E-state index contributed by atoms with van der Waals surface area (Å²) in [5, 5.41) is 2.94. The Bertz CT molecular complexity index is 717. The van der Waals surface area contributed by atoms with Crippen molar-refractivity contribution >= 4 is 11.7 Å². The van der Waals surface area contributed by atoms with Crippen molar-refractivity contribution in [1.29, 1.82) is 0 Å². The SMILES string of the molecule is O=C(Nc1ccc2c(c1)OCO2)N1CCC(c2ccccc2)C1. The maximum Gasteiger partial charge on any atom is 0.321 e. The zero-order valence-electron chi connectivity index (χ0n) is 12.7. The number of nitrogens with one attached hydrogen (secondary N) is 1. The number of nitrogens with zero attached hydrogens (tertiary/aromatic N) is 1. The molecule has 0 radical (unpaired) electrons. The summed E-state index contributed by atoms with van der Waals surface area (Å²) in [6.45, 7) is 1.76. The summed E-state index contributed by atoms with van der Waals surface area (Å²) >= 11 is 0. The molecule has 2 amide bonds. The molecule has 0 aliphatic carbocycles. The van der Waals surface area contributed by atoms with E-state index in [0.29, 0.717) is 17.4 Å². The van der Waals surface area contributed by atoms with Crippen LogP contribution in [0.1, 0.15) is 17.9 Å². The van der Waals surface area contributed by atoms with E-state index < -0.39 is 0 Å². The highest BCUT2D eigenvalue weighted by atomic mass is 16.7. The minimum absolute atomic E-state index is 0.0673. The van der Waals surface area contributed by atoms with Crippen molar-refractivity contribution in [2.45, 2.75) is 12.3 Å². The van der Waals surface area contributed by atoms with E-state index in [9.17, 15) is 4.79 Å². The van der Waals surface area contributed by atoms with Gasteiger partial charge in [-0.1, -0.05) is 30.3 Å². The average molecular weight is 310 g/mol. The predicted octanol–water partition coefficient (Wildman–Crippen LogP) is 3.44. The molecule has 118 valence electrons. The van der Waals surface area contributed by atoms with Crippen LogP contribution in [0.5, 0.6) is 11.5 Å². The van der Waals surface area contributed by atoms with E-state index in [0.717, 1.165) is 25.2 Å². The predicted molar refractivity (Wildman–Crippen MR) is 87.0 cm³/mol. The van der Waals surface area contributed by atoms with E-state index in [1.807, 2.05) is 35.2 Å². The fraction of sp³-hybridized carbons (Fsp3) is 0.278. The first-order chi connectivity index (χ1) is 11.3. The quantitative estimate of drug-likeness (QED) is 0.924. The second-order valence-corrected chi connectivity index (χ2v) is 5.84. The normalized spacial score (nSPS) is 19.0. The minimum Gasteiger partial charge on any atom is -0.454 e. The van der Waals surface area contributed by atoms with Crippen molar-refractivity contribution < 1.29 is 14.3 Å². The van der Waals surface area contributed by atoms with Crippen LogP contribution in [0.15, 0.2) is 48.5 Å². The van der Waals surface area contributed by atoms with Crippen LogP contribution in [0.3, 0.4) is 0 Å². The lowest BCUT2D eigenvalue weighted by atomic mass is 9.99. The first-order valence-electron chi connectivity index (χ1n) is 7.80.